The van der Waals surface area contributed by atoms with E-state index < -0.39 is 0 Å². The highest BCUT2D eigenvalue weighted by atomic mass is 16.2. The van der Waals surface area contributed by atoms with Gasteiger partial charge in [-0.05, 0) is 31.0 Å². The molecule has 17 heavy (non-hydrogen) atoms. The summed E-state index contributed by atoms with van der Waals surface area (Å²) in [5, 5.41) is 2.88. The Labute approximate surface area is 103 Å². The first-order chi connectivity index (χ1) is 8.17. The summed E-state index contributed by atoms with van der Waals surface area (Å²) in [6.45, 7) is 5.85. The number of urea groups is 1. The van der Waals surface area contributed by atoms with Gasteiger partial charge in [-0.3, -0.25) is 0 Å². The molecule has 94 valence electrons. The van der Waals surface area contributed by atoms with Crippen LogP contribution in [0.4, 0.5) is 10.5 Å². The molecule has 2 amide bonds. The van der Waals surface area contributed by atoms with Gasteiger partial charge in [-0.15, -0.1) is 0 Å². The summed E-state index contributed by atoms with van der Waals surface area (Å²) in [5.74, 6) is 0. The number of carbonyl (C=O) groups is 1. The van der Waals surface area contributed by atoms with Crippen LogP contribution in [0.25, 0.3) is 0 Å². The first-order valence-electron chi connectivity index (χ1n) is 6.00. The van der Waals surface area contributed by atoms with E-state index in [-0.39, 0.29) is 6.03 Å². The highest BCUT2D eigenvalue weighted by Gasteiger charge is 2.11. The van der Waals surface area contributed by atoms with Crippen LogP contribution in [0.1, 0.15) is 18.9 Å². The van der Waals surface area contributed by atoms with Gasteiger partial charge in [-0.1, -0.05) is 19.1 Å². The number of benzene rings is 1. The maximum Gasteiger partial charge on any atom is 0.321 e. The molecular formula is C13H21N3O. The molecule has 0 aromatic heterocycles. The molecule has 4 heteroatoms. The number of nitrogens with zero attached hydrogens (tertiary/aromatic N) is 1. The Morgan fingerprint density at radius 3 is 2.76 bits per heavy atom. The molecule has 0 fully saturated rings. The van der Waals surface area contributed by atoms with Gasteiger partial charge in [0.1, 0.15) is 0 Å². The number of carbonyl (C=O) groups excluding carboxylic acids is 1. The number of aryl methyl sites for hydroxylation is 1. The minimum absolute atomic E-state index is 0.0806. The number of nitrogens with one attached hydrogen (secondary N) is 1. The molecule has 1 rings (SSSR count). The Morgan fingerprint density at radius 1 is 1.41 bits per heavy atom. The standard InChI is InChI=1S/C13H21N3O/c1-3-8-16(9-7-14)13(17)15-12-6-4-5-11(2)10-12/h4-6,10H,3,7-9,14H2,1-2H3,(H,15,17). The van der Waals surface area contributed by atoms with Crippen LogP contribution in [0.3, 0.4) is 0 Å². The SMILES string of the molecule is CCCN(CCN)C(=O)Nc1cccc(C)c1. The fraction of sp³-hybridized carbons (Fsp3) is 0.462. The summed E-state index contributed by atoms with van der Waals surface area (Å²) >= 11 is 0. The van der Waals surface area contributed by atoms with Gasteiger partial charge in [0.15, 0.2) is 0 Å². The zero-order valence-electron chi connectivity index (χ0n) is 10.6. The average molecular weight is 235 g/mol. The van der Waals surface area contributed by atoms with Crippen molar-refractivity contribution in [3.63, 3.8) is 0 Å². The van der Waals surface area contributed by atoms with Crippen molar-refractivity contribution in [1.29, 1.82) is 0 Å². The van der Waals surface area contributed by atoms with Gasteiger partial charge in [-0.2, -0.15) is 0 Å². The van der Waals surface area contributed by atoms with E-state index in [1.54, 1.807) is 4.90 Å². The summed E-state index contributed by atoms with van der Waals surface area (Å²) in [7, 11) is 0. The molecule has 0 saturated heterocycles. The molecule has 0 radical (unpaired) electrons. The summed E-state index contributed by atoms with van der Waals surface area (Å²) in [6.07, 6.45) is 0.932. The van der Waals surface area contributed by atoms with Crippen LogP contribution in [0, 0.1) is 6.92 Å². The molecule has 0 atom stereocenters. The molecule has 0 heterocycles. The molecule has 0 bridgehead atoms. The van der Waals surface area contributed by atoms with E-state index in [0.29, 0.717) is 13.1 Å². The quantitative estimate of drug-likeness (QED) is 0.822. The molecule has 1 aromatic carbocycles. The molecule has 0 spiro atoms. The lowest BCUT2D eigenvalue weighted by atomic mass is 10.2. The van der Waals surface area contributed by atoms with Crippen molar-refractivity contribution >= 4 is 11.7 Å². The predicted octanol–water partition coefficient (Wildman–Crippen LogP) is 2.20. The Hall–Kier alpha value is -1.55. The summed E-state index contributed by atoms with van der Waals surface area (Å²) in [6, 6.07) is 7.68. The minimum Gasteiger partial charge on any atom is -0.329 e. The Balaban J connectivity index is 2.62. The number of hydrogen-bond acceptors (Lipinski definition) is 2. The number of hydrogen-bond donors (Lipinski definition) is 2. The maximum atomic E-state index is 12.0. The third-order valence-corrected chi connectivity index (χ3v) is 2.45. The second-order valence-electron chi connectivity index (χ2n) is 4.08. The third kappa shape index (κ3) is 4.44. The van der Waals surface area contributed by atoms with Crippen LogP contribution in [-0.2, 0) is 0 Å². The van der Waals surface area contributed by atoms with Gasteiger partial charge in [0.2, 0.25) is 0 Å². The van der Waals surface area contributed by atoms with Crippen molar-refractivity contribution in [3.8, 4) is 0 Å². The van der Waals surface area contributed by atoms with Gasteiger partial charge < -0.3 is 16.0 Å². The molecule has 0 unspecified atom stereocenters. The molecule has 0 aliphatic carbocycles. The third-order valence-electron chi connectivity index (χ3n) is 2.45. The lowest BCUT2D eigenvalue weighted by molar-refractivity contribution is 0.213. The summed E-state index contributed by atoms with van der Waals surface area (Å²) < 4.78 is 0. The largest absolute Gasteiger partial charge is 0.329 e. The number of nitrogens with two attached hydrogens (primary N) is 1. The van der Waals surface area contributed by atoms with Crippen molar-refractivity contribution in [3.05, 3.63) is 29.8 Å². The molecule has 0 aliphatic rings. The Bertz CT molecular complexity index is 359. The minimum atomic E-state index is -0.0806. The number of rotatable bonds is 5. The number of anilines is 1. The van der Waals surface area contributed by atoms with Crippen molar-refractivity contribution in [2.75, 3.05) is 25.0 Å². The average Bonchev–Trinajstić information content (AvgIpc) is 2.28. The van der Waals surface area contributed by atoms with E-state index in [0.717, 1.165) is 24.2 Å². The first-order valence-corrected chi connectivity index (χ1v) is 6.00. The van der Waals surface area contributed by atoms with Gasteiger partial charge >= 0.3 is 6.03 Å². The second-order valence-corrected chi connectivity index (χ2v) is 4.08. The second kappa shape index (κ2) is 6.91. The molecule has 0 aliphatic heterocycles. The predicted molar refractivity (Wildman–Crippen MR) is 71.1 cm³/mol. The molecule has 4 nitrogen and oxygen atoms in total. The first kappa shape index (κ1) is 13.5. The lowest BCUT2D eigenvalue weighted by Gasteiger charge is -2.21. The smallest absolute Gasteiger partial charge is 0.321 e. The van der Waals surface area contributed by atoms with Crippen LogP contribution in [-0.4, -0.2) is 30.6 Å². The monoisotopic (exact) mass is 235 g/mol. The van der Waals surface area contributed by atoms with Crippen molar-refractivity contribution in [2.45, 2.75) is 20.3 Å². The van der Waals surface area contributed by atoms with E-state index in [4.69, 9.17) is 5.73 Å². The topological polar surface area (TPSA) is 58.4 Å². The van der Waals surface area contributed by atoms with E-state index >= 15 is 0 Å². The zero-order valence-corrected chi connectivity index (χ0v) is 10.6. The highest BCUT2D eigenvalue weighted by Crippen LogP contribution is 2.10. The summed E-state index contributed by atoms with van der Waals surface area (Å²) in [4.78, 5) is 13.7. The van der Waals surface area contributed by atoms with Crippen LogP contribution in [0.5, 0.6) is 0 Å². The van der Waals surface area contributed by atoms with E-state index in [9.17, 15) is 4.79 Å². The molecule has 3 N–H and O–H groups in total. The Kier molecular flexibility index (Phi) is 5.49. The highest BCUT2D eigenvalue weighted by molar-refractivity contribution is 5.89. The Morgan fingerprint density at radius 2 is 2.18 bits per heavy atom. The van der Waals surface area contributed by atoms with E-state index in [1.807, 2.05) is 38.1 Å². The van der Waals surface area contributed by atoms with Crippen molar-refractivity contribution in [1.82, 2.24) is 4.90 Å². The van der Waals surface area contributed by atoms with Gasteiger partial charge in [0, 0.05) is 25.3 Å². The fourth-order valence-corrected chi connectivity index (χ4v) is 1.67. The van der Waals surface area contributed by atoms with Crippen LogP contribution in [0.2, 0.25) is 0 Å². The van der Waals surface area contributed by atoms with Crippen molar-refractivity contribution in [2.24, 2.45) is 5.73 Å². The van der Waals surface area contributed by atoms with Crippen LogP contribution < -0.4 is 11.1 Å². The van der Waals surface area contributed by atoms with E-state index in [1.165, 1.54) is 0 Å². The normalized spacial score (nSPS) is 10.1. The lowest BCUT2D eigenvalue weighted by Crippen LogP contribution is -2.38. The van der Waals surface area contributed by atoms with Crippen LogP contribution in [0.15, 0.2) is 24.3 Å². The van der Waals surface area contributed by atoms with Crippen LogP contribution >= 0.6 is 0 Å². The van der Waals surface area contributed by atoms with Gasteiger partial charge in [-0.25, -0.2) is 4.79 Å². The van der Waals surface area contributed by atoms with Gasteiger partial charge in [0.05, 0.1) is 0 Å². The molecular weight excluding hydrogens is 214 g/mol. The number of amides is 2. The molecule has 1 aromatic rings. The van der Waals surface area contributed by atoms with E-state index in [2.05, 4.69) is 5.32 Å². The maximum absolute atomic E-state index is 12.0. The van der Waals surface area contributed by atoms with Gasteiger partial charge in [0.25, 0.3) is 0 Å². The van der Waals surface area contributed by atoms with Crippen molar-refractivity contribution < 1.29 is 4.79 Å². The zero-order chi connectivity index (χ0) is 12.7. The summed E-state index contributed by atoms with van der Waals surface area (Å²) in [5.41, 5.74) is 7.45. The molecule has 0 saturated carbocycles. The fourth-order valence-electron chi connectivity index (χ4n) is 1.67.